The second-order valence-corrected chi connectivity index (χ2v) is 10.6. The van der Waals surface area contributed by atoms with Gasteiger partial charge in [0.2, 0.25) is 17.7 Å². The monoisotopic (exact) mass is 515 g/mol. The van der Waals surface area contributed by atoms with Crippen molar-refractivity contribution in [3.8, 4) is 0 Å². The third-order valence-electron chi connectivity index (χ3n) is 6.23. The van der Waals surface area contributed by atoms with Crippen LogP contribution < -0.4 is 16.0 Å². The van der Waals surface area contributed by atoms with Crippen molar-refractivity contribution in [1.29, 1.82) is 0 Å². The van der Waals surface area contributed by atoms with Crippen LogP contribution in [0.4, 0.5) is 0 Å². The van der Waals surface area contributed by atoms with E-state index in [1.54, 1.807) is 18.3 Å². The molecule has 36 heavy (non-hydrogen) atoms. The number of carbonyl (C=O) groups excluding carboxylic acids is 3. The van der Waals surface area contributed by atoms with E-state index in [4.69, 9.17) is 4.98 Å². The summed E-state index contributed by atoms with van der Waals surface area (Å²) in [5, 5.41) is 9.63. The van der Waals surface area contributed by atoms with Gasteiger partial charge in [0.15, 0.2) is 0 Å². The Bertz CT molecular complexity index is 1060. The van der Waals surface area contributed by atoms with Crippen LogP contribution in [0.25, 0.3) is 10.2 Å². The molecule has 1 aromatic carbocycles. The van der Waals surface area contributed by atoms with Gasteiger partial charge in [0.05, 0.1) is 15.2 Å². The van der Waals surface area contributed by atoms with Gasteiger partial charge in [0.1, 0.15) is 6.04 Å². The minimum absolute atomic E-state index is 0.119. The van der Waals surface area contributed by atoms with Crippen molar-refractivity contribution in [2.24, 2.45) is 5.92 Å². The summed E-state index contributed by atoms with van der Waals surface area (Å²) < 4.78 is 1.07. The summed E-state index contributed by atoms with van der Waals surface area (Å²) in [6, 6.07) is 5.14. The molecule has 0 spiro atoms. The number of likely N-dealkylation sites (N-methyl/N-ethyl adjacent to an activating group) is 1. The molecule has 9 heteroatoms. The third kappa shape index (κ3) is 8.71. The summed E-state index contributed by atoms with van der Waals surface area (Å²) in [5.74, 6) is -0.591. The van der Waals surface area contributed by atoms with Gasteiger partial charge in [-0.2, -0.15) is 0 Å². The number of aryl methyl sites for hydroxylation is 1. The van der Waals surface area contributed by atoms with Crippen LogP contribution >= 0.6 is 11.3 Å². The molecule has 8 nitrogen and oxygen atoms in total. The van der Waals surface area contributed by atoms with Crippen LogP contribution in [0, 0.1) is 5.92 Å². The number of nitrogens with one attached hydrogen (secondary N) is 3. The number of hydrogen-bond donors (Lipinski definition) is 3. The number of amides is 3. The van der Waals surface area contributed by atoms with Crippen molar-refractivity contribution in [3.63, 3.8) is 0 Å². The van der Waals surface area contributed by atoms with Crippen LogP contribution in [0.5, 0.6) is 0 Å². The van der Waals surface area contributed by atoms with E-state index in [9.17, 15) is 14.4 Å². The van der Waals surface area contributed by atoms with Crippen LogP contribution in [0.1, 0.15) is 51.1 Å². The SMILES string of the molecule is C=C(CN(C)C)C(=O)NC[C@@H](NC(=O)[C@H](Cc1nc2ccc(CC)cc2s1)NC(=O)CC)[C@@H](C)CC. The highest BCUT2D eigenvalue weighted by molar-refractivity contribution is 7.18. The molecule has 0 fully saturated rings. The zero-order valence-electron chi connectivity index (χ0n) is 22.4. The minimum atomic E-state index is -0.755. The quantitative estimate of drug-likeness (QED) is 0.336. The van der Waals surface area contributed by atoms with Crippen LogP contribution in [0.2, 0.25) is 0 Å². The van der Waals surface area contributed by atoms with E-state index in [-0.39, 0.29) is 42.6 Å². The Morgan fingerprint density at radius 3 is 2.47 bits per heavy atom. The van der Waals surface area contributed by atoms with Crippen LogP contribution in [-0.4, -0.2) is 66.9 Å². The van der Waals surface area contributed by atoms with Crippen LogP contribution in [-0.2, 0) is 27.2 Å². The average molecular weight is 516 g/mol. The molecule has 0 saturated carbocycles. The summed E-state index contributed by atoms with van der Waals surface area (Å²) in [7, 11) is 3.75. The average Bonchev–Trinajstić information content (AvgIpc) is 3.25. The van der Waals surface area contributed by atoms with Crippen molar-refractivity contribution in [2.75, 3.05) is 27.2 Å². The second kappa shape index (κ2) is 14.1. The lowest BCUT2D eigenvalue weighted by molar-refractivity contribution is -0.129. The topological polar surface area (TPSA) is 103 Å². The maximum absolute atomic E-state index is 13.4. The first-order chi connectivity index (χ1) is 17.1. The van der Waals surface area contributed by atoms with Gasteiger partial charge in [-0.3, -0.25) is 14.4 Å². The first-order valence-electron chi connectivity index (χ1n) is 12.7. The fraction of sp³-hybridized carbons (Fsp3) is 0.556. The molecule has 0 saturated heterocycles. The smallest absolute Gasteiger partial charge is 0.247 e. The second-order valence-electron chi connectivity index (χ2n) is 9.49. The summed E-state index contributed by atoms with van der Waals surface area (Å²) in [6.45, 7) is 12.5. The highest BCUT2D eigenvalue weighted by atomic mass is 32.1. The molecule has 3 amide bonds. The molecule has 3 N–H and O–H groups in total. The molecule has 0 aliphatic carbocycles. The van der Waals surface area contributed by atoms with E-state index in [0.717, 1.165) is 28.1 Å². The molecule has 0 radical (unpaired) electrons. The predicted octanol–water partition coefficient (Wildman–Crippen LogP) is 3.06. The molecule has 1 aromatic heterocycles. The zero-order valence-corrected chi connectivity index (χ0v) is 23.3. The van der Waals surface area contributed by atoms with E-state index in [1.807, 2.05) is 38.9 Å². The van der Waals surface area contributed by atoms with Gasteiger partial charge in [-0.1, -0.05) is 46.8 Å². The Kier molecular flexibility index (Phi) is 11.5. The zero-order chi connectivity index (χ0) is 26.8. The summed E-state index contributed by atoms with van der Waals surface area (Å²) in [6.07, 6.45) is 2.35. The molecule has 0 bridgehead atoms. The lowest BCUT2D eigenvalue weighted by atomic mass is 9.98. The largest absolute Gasteiger partial charge is 0.350 e. The number of rotatable bonds is 14. The van der Waals surface area contributed by atoms with Crippen molar-refractivity contribution in [2.45, 2.75) is 65.5 Å². The number of fused-ring (bicyclic) bond motifs is 1. The lowest BCUT2D eigenvalue weighted by Crippen LogP contribution is -2.54. The molecular formula is C27H41N5O3S. The molecule has 198 valence electrons. The molecule has 0 aliphatic heterocycles. The number of hydrogen-bond acceptors (Lipinski definition) is 6. The Morgan fingerprint density at radius 1 is 1.14 bits per heavy atom. The molecule has 2 rings (SSSR count). The highest BCUT2D eigenvalue weighted by Gasteiger charge is 2.27. The summed E-state index contributed by atoms with van der Waals surface area (Å²) in [5.41, 5.74) is 2.59. The van der Waals surface area contributed by atoms with E-state index >= 15 is 0 Å². The van der Waals surface area contributed by atoms with Gasteiger partial charge in [-0.25, -0.2) is 4.98 Å². The van der Waals surface area contributed by atoms with E-state index in [0.29, 0.717) is 18.5 Å². The molecule has 0 unspecified atom stereocenters. The molecule has 1 heterocycles. The molecule has 2 aromatic rings. The van der Waals surface area contributed by atoms with Gasteiger partial charge in [0.25, 0.3) is 0 Å². The maximum atomic E-state index is 13.4. The third-order valence-corrected chi connectivity index (χ3v) is 7.27. The first-order valence-corrected chi connectivity index (χ1v) is 13.5. The number of thiazole rings is 1. The number of benzene rings is 1. The standard InChI is InChI=1S/C27H41N5O3S/c1-8-17(4)22(15-28-26(34)18(5)16-32(6)7)31-27(35)21(29-24(33)10-3)14-25-30-20-12-11-19(9-2)13-23(20)36-25/h11-13,17,21-22H,5,8-10,14-16H2,1-4,6-7H3,(H,28,34)(H,29,33)(H,31,35)/t17-,21-,22+/m0/s1. The summed E-state index contributed by atoms with van der Waals surface area (Å²) in [4.78, 5) is 44.7. The molecule has 0 aliphatic rings. The van der Waals surface area contributed by atoms with Crippen molar-refractivity contribution in [3.05, 3.63) is 40.9 Å². The Hall–Kier alpha value is -2.78. The van der Waals surface area contributed by atoms with Gasteiger partial charge in [-0.05, 0) is 44.1 Å². The van der Waals surface area contributed by atoms with E-state index < -0.39 is 6.04 Å². The summed E-state index contributed by atoms with van der Waals surface area (Å²) >= 11 is 1.55. The Morgan fingerprint density at radius 2 is 1.86 bits per heavy atom. The highest BCUT2D eigenvalue weighted by Crippen LogP contribution is 2.24. The maximum Gasteiger partial charge on any atom is 0.247 e. The normalized spacial score (nSPS) is 13.8. The van der Waals surface area contributed by atoms with Crippen molar-refractivity contribution >= 4 is 39.3 Å². The Labute approximate surface area is 218 Å². The fourth-order valence-electron chi connectivity index (χ4n) is 3.75. The van der Waals surface area contributed by atoms with E-state index in [1.165, 1.54) is 5.56 Å². The van der Waals surface area contributed by atoms with Crippen LogP contribution in [0.3, 0.4) is 0 Å². The van der Waals surface area contributed by atoms with Gasteiger partial charge in [0, 0.05) is 37.5 Å². The number of aromatic nitrogens is 1. The van der Waals surface area contributed by atoms with Crippen LogP contribution in [0.15, 0.2) is 30.4 Å². The number of nitrogens with zero attached hydrogens (tertiary/aromatic N) is 2. The van der Waals surface area contributed by atoms with Gasteiger partial charge in [-0.15, -0.1) is 11.3 Å². The Balaban J connectivity index is 2.16. The fourth-order valence-corrected chi connectivity index (χ4v) is 4.82. The number of carbonyl (C=O) groups is 3. The lowest BCUT2D eigenvalue weighted by Gasteiger charge is -2.27. The molecular weight excluding hydrogens is 474 g/mol. The van der Waals surface area contributed by atoms with Crippen molar-refractivity contribution in [1.82, 2.24) is 25.8 Å². The first kappa shape index (κ1) is 29.5. The molecule has 3 atom stereocenters. The van der Waals surface area contributed by atoms with Gasteiger partial charge < -0.3 is 20.9 Å². The van der Waals surface area contributed by atoms with E-state index in [2.05, 4.69) is 41.6 Å². The predicted molar refractivity (Wildman–Crippen MR) is 147 cm³/mol. The van der Waals surface area contributed by atoms with Crippen molar-refractivity contribution < 1.29 is 14.4 Å². The minimum Gasteiger partial charge on any atom is -0.350 e. The van der Waals surface area contributed by atoms with Gasteiger partial charge >= 0.3 is 0 Å².